The Labute approximate surface area is 121 Å². The van der Waals surface area contributed by atoms with Gasteiger partial charge in [0, 0.05) is 6.54 Å². The summed E-state index contributed by atoms with van der Waals surface area (Å²) in [6, 6.07) is 11.9. The van der Waals surface area contributed by atoms with Gasteiger partial charge in [-0.25, -0.2) is 9.37 Å². The van der Waals surface area contributed by atoms with Gasteiger partial charge in [-0.1, -0.05) is 41.9 Å². The normalized spacial score (nSPS) is 11.7. The summed E-state index contributed by atoms with van der Waals surface area (Å²) in [6.07, 6.45) is 0. The summed E-state index contributed by atoms with van der Waals surface area (Å²) in [5.41, 5.74) is 6.61. The molecular formula is C14H12ClFN4. The quantitative estimate of drug-likeness (QED) is 0.849. The minimum Gasteiger partial charge on any atom is -0.360 e. The third-order valence-corrected chi connectivity index (χ3v) is 3.09. The van der Waals surface area contributed by atoms with Crippen LogP contribution in [0.15, 0.2) is 36.4 Å². The maximum absolute atomic E-state index is 13.9. The minimum absolute atomic E-state index is 0.00118. The van der Waals surface area contributed by atoms with Crippen LogP contribution >= 0.6 is 11.6 Å². The van der Waals surface area contributed by atoms with Crippen LogP contribution in [0, 0.1) is 17.1 Å². The van der Waals surface area contributed by atoms with Crippen molar-refractivity contribution in [3.63, 3.8) is 0 Å². The number of benzene rings is 1. The molecule has 0 radical (unpaired) electrons. The zero-order valence-electron chi connectivity index (χ0n) is 10.5. The van der Waals surface area contributed by atoms with E-state index in [2.05, 4.69) is 10.3 Å². The van der Waals surface area contributed by atoms with E-state index in [0.29, 0.717) is 0 Å². The number of pyridine rings is 1. The van der Waals surface area contributed by atoms with E-state index < -0.39 is 5.82 Å². The standard InChI is InChI=1S/C14H12ClFN4/c15-13-10(7-17)6-11(16)14(20-13)19-12(8-18)9-4-2-1-3-5-9/h1-6,12H,8,18H2,(H,19,20). The lowest BCUT2D eigenvalue weighted by Crippen LogP contribution is -2.21. The molecule has 0 spiro atoms. The lowest BCUT2D eigenvalue weighted by Gasteiger charge is -2.18. The summed E-state index contributed by atoms with van der Waals surface area (Å²) >= 11 is 5.80. The van der Waals surface area contributed by atoms with Crippen molar-refractivity contribution in [1.29, 1.82) is 5.26 Å². The Hall–Kier alpha value is -2.16. The average molecular weight is 291 g/mol. The number of nitrogens with zero attached hydrogens (tertiary/aromatic N) is 2. The highest BCUT2D eigenvalue weighted by Gasteiger charge is 2.15. The molecule has 0 amide bonds. The van der Waals surface area contributed by atoms with Crippen molar-refractivity contribution < 1.29 is 4.39 Å². The van der Waals surface area contributed by atoms with Crippen LogP contribution in [0.1, 0.15) is 17.2 Å². The fourth-order valence-corrected chi connectivity index (χ4v) is 1.96. The molecule has 6 heteroatoms. The first-order chi connectivity index (χ1) is 9.65. The van der Waals surface area contributed by atoms with Crippen LogP contribution in [0.4, 0.5) is 10.2 Å². The van der Waals surface area contributed by atoms with Crippen LogP contribution in [-0.2, 0) is 0 Å². The van der Waals surface area contributed by atoms with Crippen molar-refractivity contribution in [3.8, 4) is 6.07 Å². The van der Waals surface area contributed by atoms with Crippen molar-refractivity contribution in [3.05, 3.63) is 58.5 Å². The molecule has 2 rings (SSSR count). The van der Waals surface area contributed by atoms with Gasteiger partial charge in [-0.05, 0) is 11.6 Å². The summed E-state index contributed by atoms with van der Waals surface area (Å²) in [5.74, 6) is -0.659. The zero-order chi connectivity index (χ0) is 14.5. The van der Waals surface area contributed by atoms with Gasteiger partial charge in [-0.2, -0.15) is 5.26 Å². The Kier molecular flexibility index (Phi) is 4.51. The maximum Gasteiger partial charge on any atom is 0.166 e. The van der Waals surface area contributed by atoms with E-state index in [9.17, 15) is 4.39 Å². The summed E-state index contributed by atoms with van der Waals surface area (Å²) in [7, 11) is 0. The van der Waals surface area contributed by atoms with Crippen LogP contribution in [0.2, 0.25) is 5.15 Å². The van der Waals surface area contributed by atoms with Crippen molar-refractivity contribution in [2.24, 2.45) is 5.73 Å². The van der Waals surface area contributed by atoms with E-state index in [0.717, 1.165) is 11.6 Å². The molecule has 4 nitrogen and oxygen atoms in total. The SMILES string of the molecule is N#Cc1cc(F)c(NC(CN)c2ccccc2)nc1Cl. The fourth-order valence-electron chi connectivity index (χ4n) is 1.77. The smallest absolute Gasteiger partial charge is 0.166 e. The van der Waals surface area contributed by atoms with Gasteiger partial charge in [-0.3, -0.25) is 0 Å². The monoisotopic (exact) mass is 290 g/mol. The molecule has 0 aliphatic rings. The topological polar surface area (TPSA) is 74.7 Å². The molecule has 0 saturated heterocycles. The van der Waals surface area contributed by atoms with E-state index in [-0.39, 0.29) is 29.1 Å². The van der Waals surface area contributed by atoms with Crippen LogP contribution in [0.25, 0.3) is 0 Å². The number of aromatic nitrogens is 1. The van der Waals surface area contributed by atoms with Gasteiger partial charge in [0.1, 0.15) is 11.2 Å². The molecule has 0 aliphatic carbocycles. The second kappa shape index (κ2) is 6.33. The molecular weight excluding hydrogens is 279 g/mol. The molecule has 0 aliphatic heterocycles. The number of halogens is 2. The largest absolute Gasteiger partial charge is 0.360 e. The number of nitrogens with one attached hydrogen (secondary N) is 1. The average Bonchev–Trinajstić information content (AvgIpc) is 2.48. The predicted molar refractivity (Wildman–Crippen MR) is 75.8 cm³/mol. The van der Waals surface area contributed by atoms with E-state index in [1.165, 1.54) is 0 Å². The van der Waals surface area contributed by atoms with E-state index in [1.54, 1.807) is 6.07 Å². The summed E-state index contributed by atoms with van der Waals surface area (Å²) in [5, 5.41) is 11.6. The molecule has 2 aromatic rings. The number of hydrogen-bond donors (Lipinski definition) is 2. The Morgan fingerprint density at radius 2 is 2.10 bits per heavy atom. The van der Waals surface area contributed by atoms with E-state index in [4.69, 9.17) is 22.6 Å². The van der Waals surface area contributed by atoms with E-state index >= 15 is 0 Å². The lowest BCUT2D eigenvalue weighted by atomic mass is 10.1. The molecule has 102 valence electrons. The van der Waals surface area contributed by atoms with Gasteiger partial charge < -0.3 is 11.1 Å². The van der Waals surface area contributed by atoms with E-state index in [1.807, 2.05) is 30.3 Å². The number of nitrogens with two attached hydrogens (primary N) is 1. The highest BCUT2D eigenvalue weighted by atomic mass is 35.5. The molecule has 0 bridgehead atoms. The molecule has 0 fully saturated rings. The summed E-state index contributed by atoms with van der Waals surface area (Å²) in [4.78, 5) is 3.86. The second-order valence-corrected chi connectivity index (χ2v) is 4.47. The first-order valence-electron chi connectivity index (χ1n) is 5.93. The Morgan fingerprint density at radius 1 is 1.40 bits per heavy atom. The van der Waals surface area contributed by atoms with Gasteiger partial charge in [0.25, 0.3) is 0 Å². The Bertz CT molecular complexity index is 640. The number of rotatable bonds is 4. The number of anilines is 1. The summed E-state index contributed by atoms with van der Waals surface area (Å²) in [6.45, 7) is 0.267. The number of hydrogen-bond acceptors (Lipinski definition) is 4. The molecule has 1 unspecified atom stereocenters. The molecule has 0 saturated carbocycles. The van der Waals surface area contributed by atoms with Gasteiger partial charge >= 0.3 is 0 Å². The maximum atomic E-state index is 13.9. The zero-order valence-corrected chi connectivity index (χ0v) is 11.2. The molecule has 1 aromatic heterocycles. The van der Waals surface area contributed by atoms with Gasteiger partial charge in [0.2, 0.25) is 0 Å². The molecule has 1 aromatic carbocycles. The van der Waals surface area contributed by atoms with Crippen molar-refractivity contribution >= 4 is 17.4 Å². The molecule has 3 N–H and O–H groups in total. The first-order valence-corrected chi connectivity index (χ1v) is 6.31. The van der Waals surface area contributed by atoms with Crippen LogP contribution in [0.5, 0.6) is 0 Å². The van der Waals surface area contributed by atoms with Crippen LogP contribution in [-0.4, -0.2) is 11.5 Å². The predicted octanol–water partition coefficient (Wildman–Crippen LogP) is 2.86. The highest BCUT2D eigenvalue weighted by molar-refractivity contribution is 6.30. The van der Waals surface area contributed by atoms with Gasteiger partial charge in [0.05, 0.1) is 11.6 Å². The molecule has 1 atom stereocenters. The molecule has 1 heterocycles. The van der Waals surface area contributed by atoms with Crippen molar-refractivity contribution in [1.82, 2.24) is 4.98 Å². The van der Waals surface area contributed by atoms with Gasteiger partial charge in [-0.15, -0.1) is 0 Å². The third kappa shape index (κ3) is 3.05. The lowest BCUT2D eigenvalue weighted by molar-refractivity contribution is 0.618. The van der Waals surface area contributed by atoms with Crippen molar-refractivity contribution in [2.75, 3.05) is 11.9 Å². The Balaban J connectivity index is 2.29. The van der Waals surface area contributed by atoms with Crippen LogP contribution < -0.4 is 11.1 Å². The molecule has 20 heavy (non-hydrogen) atoms. The van der Waals surface area contributed by atoms with Crippen LogP contribution in [0.3, 0.4) is 0 Å². The third-order valence-electron chi connectivity index (χ3n) is 2.80. The second-order valence-electron chi connectivity index (χ2n) is 4.11. The van der Waals surface area contributed by atoms with Gasteiger partial charge in [0.15, 0.2) is 11.6 Å². The highest BCUT2D eigenvalue weighted by Crippen LogP contribution is 2.23. The summed E-state index contributed by atoms with van der Waals surface area (Å²) < 4.78 is 13.9. The minimum atomic E-state index is -0.639. The van der Waals surface area contributed by atoms with Crippen molar-refractivity contribution in [2.45, 2.75) is 6.04 Å². The fraction of sp³-hybridized carbons (Fsp3) is 0.143. The Morgan fingerprint density at radius 3 is 2.70 bits per heavy atom. The first kappa shape index (κ1) is 14.3. The number of nitriles is 1.